The van der Waals surface area contributed by atoms with Crippen molar-refractivity contribution in [1.29, 1.82) is 0 Å². The fourth-order valence-electron chi connectivity index (χ4n) is 3.54. The summed E-state index contributed by atoms with van der Waals surface area (Å²) in [5.74, 6) is 1.07. The molecule has 1 heterocycles. The highest BCUT2D eigenvalue weighted by Crippen LogP contribution is 2.29. The molecular weight excluding hydrogens is 308 g/mol. The number of amides is 2. The van der Waals surface area contributed by atoms with Crippen molar-refractivity contribution in [1.82, 2.24) is 10.6 Å². The van der Waals surface area contributed by atoms with Crippen LogP contribution in [-0.4, -0.2) is 29.5 Å². The maximum Gasteiger partial charge on any atom is 0.242 e. The van der Waals surface area contributed by atoms with E-state index in [0.29, 0.717) is 11.3 Å². The minimum absolute atomic E-state index is 0.0639. The molecule has 1 fully saturated rings. The Labute approximate surface area is 143 Å². The molecule has 0 spiro atoms. The van der Waals surface area contributed by atoms with Gasteiger partial charge in [-0.3, -0.25) is 9.59 Å². The van der Waals surface area contributed by atoms with Crippen LogP contribution in [0, 0.1) is 19.8 Å². The number of nitrogens with one attached hydrogen (secondary N) is 2. The van der Waals surface area contributed by atoms with Crippen molar-refractivity contribution in [2.24, 2.45) is 5.92 Å². The molecule has 1 aromatic rings. The van der Waals surface area contributed by atoms with Crippen LogP contribution >= 0.6 is 0 Å². The van der Waals surface area contributed by atoms with Crippen LogP contribution < -0.4 is 10.6 Å². The van der Waals surface area contributed by atoms with Crippen LogP contribution in [0.2, 0.25) is 0 Å². The summed E-state index contributed by atoms with van der Waals surface area (Å²) in [7, 11) is 0. The van der Waals surface area contributed by atoms with Crippen molar-refractivity contribution in [3.05, 3.63) is 23.2 Å². The number of furan rings is 1. The molecule has 0 aromatic carbocycles. The molecule has 3 N–H and O–H groups in total. The summed E-state index contributed by atoms with van der Waals surface area (Å²) in [6, 6.07) is 1.25. The zero-order valence-corrected chi connectivity index (χ0v) is 14.9. The lowest BCUT2D eigenvalue weighted by Crippen LogP contribution is -2.52. The molecule has 2 atom stereocenters. The van der Waals surface area contributed by atoms with E-state index in [-0.39, 0.29) is 24.3 Å². The third-order valence-corrected chi connectivity index (χ3v) is 4.74. The Morgan fingerprint density at radius 1 is 1.38 bits per heavy atom. The molecular formula is C18H28N2O4. The van der Waals surface area contributed by atoms with Gasteiger partial charge in [-0.2, -0.15) is 0 Å². The fraction of sp³-hybridized carbons (Fsp3) is 0.667. The van der Waals surface area contributed by atoms with Crippen molar-refractivity contribution in [2.45, 2.75) is 65.0 Å². The van der Waals surface area contributed by atoms with Crippen molar-refractivity contribution >= 4 is 11.8 Å². The normalized spacial score (nSPS) is 18.9. The molecule has 6 nitrogen and oxygen atoms in total. The lowest BCUT2D eigenvalue weighted by molar-refractivity contribution is -0.130. The first-order valence-electron chi connectivity index (χ1n) is 8.55. The average molecular weight is 336 g/mol. The first kappa shape index (κ1) is 18.5. The molecule has 0 radical (unpaired) electrons. The van der Waals surface area contributed by atoms with Crippen LogP contribution in [-0.2, 0) is 15.2 Å². The predicted octanol–water partition coefficient (Wildman–Crippen LogP) is 1.92. The smallest absolute Gasteiger partial charge is 0.242 e. The van der Waals surface area contributed by atoms with E-state index in [1.54, 1.807) is 19.9 Å². The molecule has 1 aliphatic carbocycles. The largest absolute Gasteiger partial charge is 0.466 e. The highest BCUT2D eigenvalue weighted by molar-refractivity contribution is 5.87. The van der Waals surface area contributed by atoms with Crippen molar-refractivity contribution in [2.75, 3.05) is 6.54 Å². The number of aliphatic hydroxyl groups is 1. The highest BCUT2D eigenvalue weighted by atomic mass is 16.3. The first-order valence-corrected chi connectivity index (χ1v) is 8.55. The van der Waals surface area contributed by atoms with E-state index in [0.717, 1.165) is 31.4 Å². The van der Waals surface area contributed by atoms with Crippen LogP contribution in [0.3, 0.4) is 0 Å². The Balaban J connectivity index is 2.03. The maximum absolute atomic E-state index is 12.6. The maximum atomic E-state index is 12.6. The van der Waals surface area contributed by atoms with E-state index in [9.17, 15) is 14.7 Å². The first-order chi connectivity index (χ1) is 11.2. The Bertz CT molecular complexity index is 600. The van der Waals surface area contributed by atoms with Crippen LogP contribution in [0.25, 0.3) is 0 Å². The Kier molecular flexibility index (Phi) is 5.70. The SMILES string of the molecule is CC(=O)NC(C(=O)NCC(C)(O)c1cc(C)oc1C)C1CCCC1. The lowest BCUT2D eigenvalue weighted by atomic mass is 9.94. The minimum Gasteiger partial charge on any atom is -0.466 e. The Hall–Kier alpha value is -1.82. The van der Waals surface area contributed by atoms with Crippen LogP contribution in [0.4, 0.5) is 0 Å². The molecule has 2 amide bonds. The van der Waals surface area contributed by atoms with Gasteiger partial charge in [0, 0.05) is 12.5 Å². The molecule has 1 aliphatic rings. The second-order valence-corrected chi connectivity index (χ2v) is 7.04. The molecule has 24 heavy (non-hydrogen) atoms. The zero-order chi connectivity index (χ0) is 17.9. The van der Waals surface area contributed by atoms with E-state index in [4.69, 9.17) is 4.42 Å². The lowest BCUT2D eigenvalue weighted by Gasteiger charge is -2.27. The Morgan fingerprint density at radius 3 is 2.50 bits per heavy atom. The van der Waals surface area contributed by atoms with Crippen molar-refractivity contribution < 1.29 is 19.1 Å². The van der Waals surface area contributed by atoms with Gasteiger partial charge in [-0.25, -0.2) is 0 Å². The molecule has 0 aliphatic heterocycles. The van der Waals surface area contributed by atoms with E-state index < -0.39 is 11.6 Å². The van der Waals surface area contributed by atoms with Gasteiger partial charge in [0.15, 0.2) is 0 Å². The second-order valence-electron chi connectivity index (χ2n) is 7.04. The number of hydrogen-bond donors (Lipinski definition) is 3. The third-order valence-electron chi connectivity index (χ3n) is 4.74. The molecule has 0 bridgehead atoms. The van der Waals surface area contributed by atoms with Crippen LogP contribution in [0.1, 0.15) is 56.6 Å². The summed E-state index contributed by atoms with van der Waals surface area (Å²) < 4.78 is 5.46. The van der Waals surface area contributed by atoms with Gasteiger partial charge in [0.2, 0.25) is 11.8 Å². The molecule has 1 aromatic heterocycles. The average Bonchev–Trinajstić information content (AvgIpc) is 3.12. The molecule has 134 valence electrons. The summed E-state index contributed by atoms with van der Waals surface area (Å²) in [4.78, 5) is 24.0. The van der Waals surface area contributed by atoms with Gasteiger partial charge < -0.3 is 20.2 Å². The fourth-order valence-corrected chi connectivity index (χ4v) is 3.54. The topological polar surface area (TPSA) is 91.6 Å². The van der Waals surface area contributed by atoms with E-state index in [1.807, 2.05) is 6.92 Å². The van der Waals surface area contributed by atoms with Crippen molar-refractivity contribution in [3.63, 3.8) is 0 Å². The van der Waals surface area contributed by atoms with Gasteiger partial charge >= 0.3 is 0 Å². The highest BCUT2D eigenvalue weighted by Gasteiger charge is 2.33. The molecule has 2 unspecified atom stereocenters. The molecule has 0 saturated heterocycles. The van der Waals surface area contributed by atoms with Crippen LogP contribution in [0.5, 0.6) is 0 Å². The van der Waals surface area contributed by atoms with Gasteiger partial charge in [-0.05, 0) is 45.6 Å². The summed E-state index contributed by atoms with van der Waals surface area (Å²) in [5.41, 5.74) is -0.564. The second kappa shape index (κ2) is 7.38. The number of carbonyl (C=O) groups excluding carboxylic acids is 2. The van der Waals surface area contributed by atoms with Gasteiger partial charge in [0.25, 0.3) is 0 Å². The number of aryl methyl sites for hydroxylation is 2. The number of hydrogen-bond acceptors (Lipinski definition) is 4. The van der Waals surface area contributed by atoms with Gasteiger partial charge in [-0.15, -0.1) is 0 Å². The minimum atomic E-state index is -1.23. The number of rotatable bonds is 6. The zero-order valence-electron chi connectivity index (χ0n) is 14.9. The van der Waals surface area contributed by atoms with Crippen molar-refractivity contribution in [3.8, 4) is 0 Å². The summed E-state index contributed by atoms with van der Waals surface area (Å²) >= 11 is 0. The van der Waals surface area contributed by atoms with E-state index >= 15 is 0 Å². The van der Waals surface area contributed by atoms with E-state index in [1.165, 1.54) is 6.92 Å². The van der Waals surface area contributed by atoms with E-state index in [2.05, 4.69) is 10.6 Å². The summed E-state index contributed by atoms with van der Waals surface area (Å²) in [6.45, 7) is 6.74. The third kappa shape index (κ3) is 4.38. The number of carbonyl (C=O) groups is 2. The summed E-state index contributed by atoms with van der Waals surface area (Å²) in [5, 5.41) is 16.3. The monoisotopic (exact) mass is 336 g/mol. The molecule has 2 rings (SSSR count). The van der Waals surface area contributed by atoms with Gasteiger partial charge in [-0.1, -0.05) is 12.8 Å². The Morgan fingerprint density at radius 2 is 2.00 bits per heavy atom. The predicted molar refractivity (Wildman–Crippen MR) is 90.3 cm³/mol. The summed E-state index contributed by atoms with van der Waals surface area (Å²) in [6.07, 6.45) is 4.04. The van der Waals surface area contributed by atoms with Gasteiger partial charge in [0.1, 0.15) is 23.2 Å². The van der Waals surface area contributed by atoms with Crippen LogP contribution in [0.15, 0.2) is 10.5 Å². The van der Waals surface area contributed by atoms with Gasteiger partial charge in [0.05, 0.1) is 6.54 Å². The quantitative estimate of drug-likeness (QED) is 0.740. The molecule has 1 saturated carbocycles. The standard InChI is InChI=1S/C18H28N2O4/c1-11-9-15(12(2)24-11)18(4,23)10-19-17(22)16(20-13(3)21)14-7-5-6-8-14/h9,14,16,23H,5-8,10H2,1-4H3,(H,19,22)(H,20,21). The molecule has 6 heteroatoms.